The fourth-order valence-electron chi connectivity index (χ4n) is 2.47. The third-order valence-electron chi connectivity index (χ3n) is 3.56. The predicted octanol–water partition coefficient (Wildman–Crippen LogP) is 2.94. The number of aromatic carboxylic acids is 1. The number of carbonyl (C=O) groups is 1. The largest absolute Gasteiger partial charge is 0.478 e. The molecule has 3 rings (SSSR count). The summed E-state index contributed by atoms with van der Waals surface area (Å²) in [5.74, 6) is -0.236. The molecule has 0 bridgehead atoms. The van der Waals surface area contributed by atoms with Crippen molar-refractivity contribution in [2.24, 2.45) is 0 Å². The van der Waals surface area contributed by atoms with Crippen molar-refractivity contribution >= 4 is 23.4 Å². The molecule has 114 valence electrons. The maximum Gasteiger partial charge on any atom is 0.337 e. The molecule has 1 fully saturated rings. The zero-order valence-electron chi connectivity index (χ0n) is 11.8. The van der Waals surface area contributed by atoms with Gasteiger partial charge in [0.15, 0.2) is 0 Å². The maximum absolute atomic E-state index is 11.2. The van der Waals surface area contributed by atoms with Crippen LogP contribution >= 0.6 is 11.6 Å². The van der Waals surface area contributed by atoms with Crippen molar-refractivity contribution in [3.05, 3.63) is 47.1 Å². The number of aromatic nitrogens is 1. The van der Waals surface area contributed by atoms with E-state index in [9.17, 15) is 9.90 Å². The van der Waals surface area contributed by atoms with Gasteiger partial charge < -0.3 is 14.7 Å². The van der Waals surface area contributed by atoms with Crippen molar-refractivity contribution in [1.82, 2.24) is 4.98 Å². The molecule has 0 spiro atoms. The number of hydrogen-bond donors (Lipinski definition) is 1. The molecular weight excluding hydrogens is 304 g/mol. The fraction of sp³-hybridized carbons (Fsp3) is 0.250. The summed E-state index contributed by atoms with van der Waals surface area (Å²) in [6.45, 7) is 2.73. The second-order valence-corrected chi connectivity index (χ2v) is 5.45. The summed E-state index contributed by atoms with van der Waals surface area (Å²) in [5, 5.41) is 9.82. The molecule has 1 saturated heterocycles. The Kier molecular flexibility index (Phi) is 4.27. The highest BCUT2D eigenvalue weighted by molar-refractivity contribution is 6.30. The average Bonchev–Trinajstić information content (AvgIpc) is 2.55. The van der Waals surface area contributed by atoms with Crippen LogP contribution in [0.3, 0.4) is 0 Å². The van der Waals surface area contributed by atoms with Crippen molar-refractivity contribution < 1.29 is 14.6 Å². The van der Waals surface area contributed by atoms with Crippen LogP contribution in [0.1, 0.15) is 10.4 Å². The first-order valence-corrected chi connectivity index (χ1v) is 7.35. The second kappa shape index (κ2) is 6.34. The molecule has 0 unspecified atom stereocenters. The van der Waals surface area contributed by atoms with Crippen LogP contribution in [0.25, 0.3) is 11.1 Å². The van der Waals surface area contributed by atoms with Crippen molar-refractivity contribution in [3.63, 3.8) is 0 Å². The number of carboxylic acid groups (broad SMARTS) is 1. The van der Waals surface area contributed by atoms with Gasteiger partial charge in [0.25, 0.3) is 0 Å². The minimum Gasteiger partial charge on any atom is -0.478 e. The predicted molar refractivity (Wildman–Crippen MR) is 84.7 cm³/mol. The lowest BCUT2D eigenvalue weighted by atomic mass is 10.0. The van der Waals surface area contributed by atoms with Crippen LogP contribution in [0.2, 0.25) is 5.02 Å². The van der Waals surface area contributed by atoms with E-state index in [1.165, 1.54) is 6.20 Å². The molecule has 0 atom stereocenters. The van der Waals surface area contributed by atoms with Crippen molar-refractivity contribution in [3.8, 4) is 11.1 Å². The van der Waals surface area contributed by atoms with Gasteiger partial charge in [-0.25, -0.2) is 9.78 Å². The average molecular weight is 319 g/mol. The number of hydrogen-bond acceptors (Lipinski definition) is 4. The molecule has 1 aliphatic rings. The second-order valence-electron chi connectivity index (χ2n) is 5.01. The van der Waals surface area contributed by atoms with E-state index < -0.39 is 5.97 Å². The van der Waals surface area contributed by atoms with E-state index >= 15 is 0 Å². The lowest BCUT2D eigenvalue weighted by molar-refractivity contribution is 0.0696. The molecular formula is C16H15ClN2O3. The summed E-state index contributed by atoms with van der Waals surface area (Å²) >= 11 is 6.06. The number of morpholine rings is 1. The smallest absolute Gasteiger partial charge is 0.337 e. The molecule has 0 amide bonds. The first-order chi connectivity index (χ1) is 10.6. The Morgan fingerprint density at radius 3 is 2.73 bits per heavy atom. The highest BCUT2D eigenvalue weighted by Crippen LogP contribution is 2.31. The van der Waals surface area contributed by atoms with Crippen molar-refractivity contribution in [2.45, 2.75) is 0 Å². The number of anilines is 1. The van der Waals surface area contributed by atoms with E-state index in [1.54, 1.807) is 12.1 Å². The molecule has 22 heavy (non-hydrogen) atoms. The van der Waals surface area contributed by atoms with Crippen LogP contribution in [-0.4, -0.2) is 42.4 Å². The summed E-state index contributed by atoms with van der Waals surface area (Å²) in [4.78, 5) is 17.7. The molecule has 2 aromatic rings. The van der Waals surface area contributed by atoms with Gasteiger partial charge >= 0.3 is 5.97 Å². The minimum absolute atomic E-state index is 0.159. The molecule has 5 nitrogen and oxygen atoms in total. The van der Waals surface area contributed by atoms with Crippen LogP contribution in [0.15, 0.2) is 36.5 Å². The van der Waals surface area contributed by atoms with Gasteiger partial charge in [-0.1, -0.05) is 23.7 Å². The van der Waals surface area contributed by atoms with Crippen LogP contribution in [0.5, 0.6) is 0 Å². The van der Waals surface area contributed by atoms with Gasteiger partial charge in [-0.2, -0.15) is 0 Å². The number of halogens is 1. The molecule has 1 aromatic carbocycles. The van der Waals surface area contributed by atoms with Crippen LogP contribution in [-0.2, 0) is 4.74 Å². The Hall–Kier alpha value is -2.11. The summed E-state index contributed by atoms with van der Waals surface area (Å²) < 4.78 is 5.36. The Bertz CT molecular complexity index is 700. The van der Waals surface area contributed by atoms with Gasteiger partial charge in [0.1, 0.15) is 5.82 Å². The summed E-state index contributed by atoms with van der Waals surface area (Å²) in [6, 6.07) is 8.99. The van der Waals surface area contributed by atoms with E-state index in [-0.39, 0.29) is 5.56 Å². The van der Waals surface area contributed by atoms with Gasteiger partial charge in [-0.3, -0.25) is 0 Å². The summed E-state index contributed by atoms with van der Waals surface area (Å²) in [5.41, 5.74) is 1.78. The van der Waals surface area contributed by atoms with Gasteiger partial charge in [0.05, 0.1) is 18.8 Å². The third kappa shape index (κ3) is 3.05. The van der Waals surface area contributed by atoms with Crippen LogP contribution in [0.4, 0.5) is 5.82 Å². The first kappa shape index (κ1) is 14.8. The zero-order chi connectivity index (χ0) is 15.5. The maximum atomic E-state index is 11.2. The van der Waals surface area contributed by atoms with Crippen molar-refractivity contribution in [2.75, 3.05) is 31.2 Å². The Labute approximate surface area is 133 Å². The third-order valence-corrected chi connectivity index (χ3v) is 3.79. The molecule has 0 radical (unpaired) electrons. The highest BCUT2D eigenvalue weighted by Gasteiger charge is 2.19. The molecule has 6 heteroatoms. The molecule has 1 aromatic heterocycles. The standard InChI is InChI=1S/C16H15ClN2O3/c17-13-3-1-2-11(8-13)14-9-12(16(20)21)10-18-15(14)19-4-6-22-7-5-19/h1-3,8-10H,4-7H2,(H,20,21). The zero-order valence-corrected chi connectivity index (χ0v) is 12.6. The van der Waals surface area contributed by atoms with E-state index in [0.29, 0.717) is 18.2 Å². The molecule has 2 heterocycles. The molecule has 0 aliphatic carbocycles. The summed E-state index contributed by atoms with van der Waals surface area (Å²) in [7, 11) is 0. The van der Waals surface area contributed by atoms with E-state index in [0.717, 1.165) is 30.0 Å². The molecule has 1 aliphatic heterocycles. The lowest BCUT2D eigenvalue weighted by Gasteiger charge is -2.29. The highest BCUT2D eigenvalue weighted by atomic mass is 35.5. The number of rotatable bonds is 3. The molecule has 1 N–H and O–H groups in total. The lowest BCUT2D eigenvalue weighted by Crippen LogP contribution is -2.37. The monoisotopic (exact) mass is 318 g/mol. The number of benzene rings is 1. The van der Waals surface area contributed by atoms with Gasteiger partial charge in [0.2, 0.25) is 0 Å². The Morgan fingerprint density at radius 1 is 1.27 bits per heavy atom. The van der Waals surface area contributed by atoms with Gasteiger partial charge in [-0.15, -0.1) is 0 Å². The van der Waals surface area contributed by atoms with E-state index in [1.807, 2.05) is 18.2 Å². The Morgan fingerprint density at radius 2 is 2.05 bits per heavy atom. The molecule has 0 saturated carbocycles. The normalized spacial score (nSPS) is 14.9. The summed E-state index contributed by atoms with van der Waals surface area (Å²) in [6.07, 6.45) is 1.39. The van der Waals surface area contributed by atoms with Crippen molar-refractivity contribution in [1.29, 1.82) is 0 Å². The SMILES string of the molecule is O=C(O)c1cnc(N2CCOCC2)c(-c2cccc(Cl)c2)c1. The van der Waals surface area contributed by atoms with Crippen LogP contribution in [0, 0.1) is 0 Å². The fourth-order valence-corrected chi connectivity index (χ4v) is 2.66. The van der Waals surface area contributed by atoms with Crippen LogP contribution < -0.4 is 4.90 Å². The topological polar surface area (TPSA) is 62.7 Å². The number of nitrogens with zero attached hydrogens (tertiary/aromatic N) is 2. The van der Waals surface area contributed by atoms with Gasteiger partial charge in [0, 0.05) is 29.9 Å². The number of carboxylic acids is 1. The Balaban J connectivity index is 2.10. The quantitative estimate of drug-likeness (QED) is 0.942. The minimum atomic E-state index is -0.996. The van der Waals surface area contributed by atoms with E-state index in [2.05, 4.69) is 9.88 Å². The number of pyridine rings is 1. The first-order valence-electron chi connectivity index (χ1n) is 6.97. The van der Waals surface area contributed by atoms with Gasteiger partial charge in [-0.05, 0) is 23.8 Å². The van der Waals surface area contributed by atoms with E-state index in [4.69, 9.17) is 16.3 Å². The number of ether oxygens (including phenoxy) is 1.